The number of rotatable bonds is 10. The molecule has 200 valence electrons. The first-order valence-electron chi connectivity index (χ1n) is 12.2. The molecule has 1 fully saturated rings. The average Bonchev–Trinajstić information content (AvgIpc) is 2.77. The van der Waals surface area contributed by atoms with Crippen LogP contribution in [0.5, 0.6) is 5.75 Å². The van der Waals surface area contributed by atoms with E-state index in [0.29, 0.717) is 5.56 Å². The molecule has 1 saturated carbocycles. The number of primary amides is 1. The molecule has 0 bridgehead atoms. The minimum absolute atomic E-state index is 0.0709. The number of phenolic OH excluding ortho intramolecular Hbond substituents is 1. The van der Waals surface area contributed by atoms with E-state index in [-0.39, 0.29) is 18.3 Å². The summed E-state index contributed by atoms with van der Waals surface area (Å²) in [7, 11) is 0. The predicted molar refractivity (Wildman–Crippen MR) is 132 cm³/mol. The van der Waals surface area contributed by atoms with Crippen LogP contribution in [0.4, 0.5) is 4.79 Å². The van der Waals surface area contributed by atoms with Gasteiger partial charge in [0.25, 0.3) is 0 Å². The smallest absolute Gasteiger partial charge is 0.408 e. The summed E-state index contributed by atoms with van der Waals surface area (Å²) < 4.78 is 5.21. The molecule has 6 N–H and O–H groups in total. The number of carbonyl (C=O) groups is 4. The topological polar surface area (TPSA) is 171 Å². The fraction of sp³-hybridized carbons (Fsp3) is 0.600. The molecule has 0 aromatic heterocycles. The highest BCUT2D eigenvalue weighted by Crippen LogP contribution is 2.27. The molecule has 0 aliphatic heterocycles. The van der Waals surface area contributed by atoms with Gasteiger partial charge in [0.05, 0.1) is 13.0 Å². The van der Waals surface area contributed by atoms with Crippen LogP contribution < -0.4 is 16.4 Å². The van der Waals surface area contributed by atoms with E-state index in [4.69, 9.17) is 10.5 Å². The van der Waals surface area contributed by atoms with Crippen molar-refractivity contribution in [2.45, 2.75) is 83.0 Å². The lowest BCUT2D eigenvalue weighted by Gasteiger charge is -2.35. The van der Waals surface area contributed by atoms with Gasteiger partial charge in [-0.05, 0) is 51.3 Å². The normalized spacial score (nSPS) is 15.9. The highest BCUT2D eigenvalue weighted by atomic mass is 16.6. The highest BCUT2D eigenvalue weighted by molar-refractivity contribution is 5.94. The Morgan fingerprint density at radius 3 is 2.39 bits per heavy atom. The molecule has 4 amide bonds. The van der Waals surface area contributed by atoms with Crippen molar-refractivity contribution in [3.63, 3.8) is 0 Å². The van der Waals surface area contributed by atoms with Crippen molar-refractivity contribution in [3.8, 4) is 5.75 Å². The number of benzene rings is 1. The Labute approximate surface area is 211 Å². The number of alkyl carbamates (subject to hydrolysis) is 1. The number of aromatic hydroxyl groups is 1. The lowest BCUT2D eigenvalue weighted by molar-refractivity contribution is -0.144. The van der Waals surface area contributed by atoms with Crippen LogP contribution >= 0.6 is 0 Å². The fourth-order valence-corrected chi connectivity index (χ4v) is 4.22. The summed E-state index contributed by atoms with van der Waals surface area (Å²) >= 11 is 0. The fourth-order valence-electron chi connectivity index (χ4n) is 4.22. The molecule has 0 radical (unpaired) electrons. The SMILES string of the molecule is CC(C)(C)OC(=O)NC(CC(N)=O)C(=O)N(CCO)C(C(=O)NC1CCCCC1)c1cccc(O)c1. The third-order valence-corrected chi connectivity index (χ3v) is 5.72. The molecule has 0 saturated heterocycles. The second-order valence-electron chi connectivity index (χ2n) is 9.97. The standard InChI is InChI=1S/C25H38N4O7/c1-25(2,3)36-24(35)28-19(15-20(26)32)23(34)29(12-13-30)21(16-8-7-11-18(31)14-16)22(33)27-17-9-5-4-6-10-17/h7-8,11,14,17,19,21,30-31H,4-6,9-10,12-13,15H2,1-3H3,(H2,26,32)(H,27,33)(H,28,35). The molecule has 1 aromatic carbocycles. The Balaban J connectivity index is 2.42. The minimum atomic E-state index is -1.44. The number of nitrogens with two attached hydrogens (primary N) is 1. The summed E-state index contributed by atoms with van der Waals surface area (Å²) in [5.74, 6) is -2.26. The van der Waals surface area contributed by atoms with Gasteiger partial charge in [-0.3, -0.25) is 14.4 Å². The second-order valence-corrected chi connectivity index (χ2v) is 9.97. The molecule has 0 heterocycles. The van der Waals surface area contributed by atoms with Crippen molar-refractivity contribution in [2.75, 3.05) is 13.2 Å². The quantitative estimate of drug-likeness (QED) is 0.320. The average molecular weight is 507 g/mol. The number of hydrogen-bond donors (Lipinski definition) is 5. The number of carbonyl (C=O) groups excluding carboxylic acids is 4. The Hall–Kier alpha value is -3.34. The predicted octanol–water partition coefficient (Wildman–Crippen LogP) is 1.47. The van der Waals surface area contributed by atoms with E-state index in [1.165, 1.54) is 18.2 Å². The number of phenols is 1. The number of amides is 4. The summed E-state index contributed by atoms with van der Waals surface area (Å²) in [6.07, 6.45) is 3.16. The van der Waals surface area contributed by atoms with Gasteiger partial charge in [-0.25, -0.2) is 4.79 Å². The van der Waals surface area contributed by atoms with Crippen molar-refractivity contribution >= 4 is 23.8 Å². The second kappa shape index (κ2) is 13.1. The van der Waals surface area contributed by atoms with Crippen LogP contribution in [0, 0.1) is 0 Å². The van der Waals surface area contributed by atoms with Crippen LogP contribution in [0.2, 0.25) is 0 Å². The molecular weight excluding hydrogens is 468 g/mol. The van der Waals surface area contributed by atoms with Gasteiger partial charge in [0.1, 0.15) is 23.4 Å². The van der Waals surface area contributed by atoms with E-state index < -0.39 is 54.5 Å². The maximum atomic E-state index is 13.7. The largest absolute Gasteiger partial charge is 0.508 e. The van der Waals surface area contributed by atoms with Gasteiger partial charge in [0.2, 0.25) is 17.7 Å². The van der Waals surface area contributed by atoms with Gasteiger partial charge in [-0.1, -0.05) is 31.4 Å². The molecule has 1 aliphatic carbocycles. The maximum Gasteiger partial charge on any atom is 0.408 e. The number of nitrogens with zero attached hydrogens (tertiary/aromatic N) is 1. The van der Waals surface area contributed by atoms with Gasteiger partial charge in [0.15, 0.2) is 0 Å². The Kier molecular flexibility index (Phi) is 10.5. The first kappa shape index (κ1) is 28.9. The third-order valence-electron chi connectivity index (χ3n) is 5.72. The van der Waals surface area contributed by atoms with Gasteiger partial charge in [0, 0.05) is 12.6 Å². The van der Waals surface area contributed by atoms with Crippen LogP contribution in [0.25, 0.3) is 0 Å². The van der Waals surface area contributed by atoms with E-state index in [1.807, 2.05) is 0 Å². The van der Waals surface area contributed by atoms with Crippen molar-refractivity contribution in [3.05, 3.63) is 29.8 Å². The Morgan fingerprint density at radius 1 is 1.17 bits per heavy atom. The van der Waals surface area contributed by atoms with Crippen molar-refractivity contribution in [1.82, 2.24) is 15.5 Å². The summed E-state index contributed by atoms with van der Waals surface area (Å²) in [5.41, 5.74) is 4.78. The Morgan fingerprint density at radius 2 is 1.83 bits per heavy atom. The number of hydrogen-bond acceptors (Lipinski definition) is 7. The van der Waals surface area contributed by atoms with E-state index in [1.54, 1.807) is 26.8 Å². The summed E-state index contributed by atoms with van der Waals surface area (Å²) in [6.45, 7) is 4.16. The van der Waals surface area contributed by atoms with Crippen LogP contribution in [-0.4, -0.2) is 69.8 Å². The van der Waals surface area contributed by atoms with E-state index >= 15 is 0 Å². The molecule has 2 rings (SSSR count). The maximum absolute atomic E-state index is 13.7. The lowest BCUT2D eigenvalue weighted by atomic mass is 9.94. The van der Waals surface area contributed by atoms with E-state index in [9.17, 15) is 29.4 Å². The zero-order chi connectivity index (χ0) is 26.9. The number of aliphatic hydroxyl groups is 1. The first-order chi connectivity index (χ1) is 16.9. The zero-order valence-electron chi connectivity index (χ0n) is 21.2. The minimum Gasteiger partial charge on any atom is -0.508 e. The van der Waals surface area contributed by atoms with Crippen molar-refractivity contribution in [1.29, 1.82) is 0 Å². The van der Waals surface area contributed by atoms with Crippen LogP contribution in [-0.2, 0) is 19.1 Å². The molecular formula is C25H38N4O7. The van der Waals surface area contributed by atoms with Gasteiger partial charge in [-0.2, -0.15) is 0 Å². The molecule has 11 heteroatoms. The summed E-state index contributed by atoms with van der Waals surface area (Å²) in [5, 5.41) is 25.2. The molecule has 1 aromatic rings. The lowest BCUT2D eigenvalue weighted by Crippen LogP contribution is -2.55. The van der Waals surface area contributed by atoms with Crippen molar-refractivity contribution in [2.24, 2.45) is 5.73 Å². The number of ether oxygens (including phenoxy) is 1. The molecule has 2 unspecified atom stereocenters. The van der Waals surface area contributed by atoms with Gasteiger partial charge in [-0.15, -0.1) is 0 Å². The Bertz CT molecular complexity index is 925. The van der Waals surface area contributed by atoms with Gasteiger partial charge >= 0.3 is 6.09 Å². The molecule has 36 heavy (non-hydrogen) atoms. The monoisotopic (exact) mass is 506 g/mol. The van der Waals surface area contributed by atoms with Gasteiger partial charge < -0.3 is 36.2 Å². The van der Waals surface area contributed by atoms with E-state index in [0.717, 1.165) is 37.0 Å². The molecule has 11 nitrogen and oxygen atoms in total. The highest BCUT2D eigenvalue weighted by Gasteiger charge is 2.37. The summed E-state index contributed by atoms with van der Waals surface area (Å²) in [6, 6.07) is 3.14. The zero-order valence-corrected chi connectivity index (χ0v) is 21.2. The number of nitrogens with one attached hydrogen (secondary N) is 2. The van der Waals surface area contributed by atoms with Crippen LogP contribution in [0.15, 0.2) is 24.3 Å². The number of aliphatic hydroxyl groups excluding tert-OH is 1. The van der Waals surface area contributed by atoms with Crippen molar-refractivity contribution < 1.29 is 34.1 Å². The molecule has 1 aliphatic rings. The van der Waals surface area contributed by atoms with E-state index in [2.05, 4.69) is 10.6 Å². The van der Waals surface area contributed by atoms with Crippen LogP contribution in [0.3, 0.4) is 0 Å². The molecule has 0 spiro atoms. The third kappa shape index (κ3) is 9.03. The first-order valence-corrected chi connectivity index (χ1v) is 12.2. The molecule has 2 atom stereocenters. The van der Waals surface area contributed by atoms with Crippen LogP contribution in [0.1, 0.15) is 70.9 Å². The summed E-state index contributed by atoms with van der Waals surface area (Å²) in [4.78, 5) is 52.4.